The van der Waals surface area contributed by atoms with Crippen molar-refractivity contribution in [3.05, 3.63) is 23.8 Å². The maximum Gasteiger partial charge on any atom is -0.00772 e. The molecule has 0 bridgehead atoms. The molecule has 0 unspecified atom stereocenters. The summed E-state index contributed by atoms with van der Waals surface area (Å²) in [5, 5.41) is 0. The molecular weight excluding hydrogens is 170 g/mol. The summed E-state index contributed by atoms with van der Waals surface area (Å²) in [5.74, 6) is 0. The van der Waals surface area contributed by atoms with Crippen molar-refractivity contribution in [2.75, 3.05) is 6.54 Å². The maximum absolute atomic E-state index is 5.43. The molecule has 84 valence electrons. The fourth-order valence-electron chi connectivity index (χ4n) is 1.20. The zero-order chi connectivity index (χ0) is 11.2. The van der Waals surface area contributed by atoms with Gasteiger partial charge in [0, 0.05) is 0 Å². The van der Waals surface area contributed by atoms with Crippen LogP contribution in [0.3, 0.4) is 0 Å². The summed E-state index contributed by atoms with van der Waals surface area (Å²) >= 11 is 0. The van der Waals surface area contributed by atoms with Gasteiger partial charge in [-0.3, -0.25) is 0 Å². The Morgan fingerprint density at radius 1 is 1.21 bits per heavy atom. The second kappa shape index (κ2) is 14.9. The van der Waals surface area contributed by atoms with Gasteiger partial charge in [0.05, 0.1) is 0 Å². The fraction of sp³-hybridized carbons (Fsp3) is 0.692. The third-order valence-corrected chi connectivity index (χ3v) is 1.77. The van der Waals surface area contributed by atoms with Crippen molar-refractivity contribution in [1.29, 1.82) is 0 Å². The number of unbranched alkanes of at least 4 members (excludes halogenated alkanes) is 1. The Kier molecular flexibility index (Phi) is 17.0. The summed E-state index contributed by atoms with van der Waals surface area (Å²) in [6.07, 6.45) is 11.2. The van der Waals surface area contributed by atoms with Crippen molar-refractivity contribution < 1.29 is 0 Å². The van der Waals surface area contributed by atoms with Crippen LogP contribution < -0.4 is 5.73 Å². The van der Waals surface area contributed by atoms with Crippen LogP contribution in [0, 0.1) is 0 Å². The van der Waals surface area contributed by atoms with Crippen molar-refractivity contribution >= 4 is 0 Å². The second-order valence-electron chi connectivity index (χ2n) is 2.93. The van der Waals surface area contributed by atoms with E-state index in [0.717, 1.165) is 19.4 Å². The lowest BCUT2D eigenvalue weighted by atomic mass is 10.1. The second-order valence-corrected chi connectivity index (χ2v) is 2.93. The Balaban J connectivity index is 0. The minimum absolute atomic E-state index is 0.815. The lowest BCUT2D eigenvalue weighted by Crippen LogP contribution is -1.97. The third-order valence-electron chi connectivity index (χ3n) is 1.77. The smallest absolute Gasteiger partial charge is 0.00772 e. The predicted octanol–water partition coefficient (Wildman–Crippen LogP) is 4.05. The summed E-state index contributed by atoms with van der Waals surface area (Å²) in [4.78, 5) is 0. The van der Waals surface area contributed by atoms with Crippen molar-refractivity contribution in [3.63, 3.8) is 0 Å². The highest BCUT2D eigenvalue weighted by Crippen LogP contribution is 2.09. The summed E-state index contributed by atoms with van der Waals surface area (Å²) in [6.45, 7) is 9.05. The lowest BCUT2D eigenvalue weighted by Gasteiger charge is -2.00. The molecule has 0 rings (SSSR count). The van der Waals surface area contributed by atoms with E-state index in [1.54, 1.807) is 0 Å². The Hall–Kier alpha value is -0.560. The van der Waals surface area contributed by atoms with Gasteiger partial charge < -0.3 is 5.73 Å². The molecule has 0 atom stereocenters. The average Bonchev–Trinajstić information content (AvgIpc) is 2.22. The van der Waals surface area contributed by atoms with Crippen LogP contribution >= 0.6 is 0 Å². The first kappa shape index (κ1) is 15.9. The fourth-order valence-corrected chi connectivity index (χ4v) is 1.20. The number of hydrogen-bond donors (Lipinski definition) is 1. The standard InChI is InChI=1S/C11H21N.C2H6/c1-3-7-11(8-4-2)9-5-6-10-12;1-2/h3,7-8H,4-6,9-10,12H2,1-2H3;1-2H3/b7-3-,11-8+;. The van der Waals surface area contributed by atoms with Gasteiger partial charge in [0.2, 0.25) is 0 Å². The van der Waals surface area contributed by atoms with Gasteiger partial charge in [0.25, 0.3) is 0 Å². The van der Waals surface area contributed by atoms with Crippen LogP contribution in [0.4, 0.5) is 0 Å². The first-order valence-electron chi connectivity index (χ1n) is 5.87. The van der Waals surface area contributed by atoms with E-state index in [9.17, 15) is 0 Å². The van der Waals surface area contributed by atoms with E-state index < -0.39 is 0 Å². The van der Waals surface area contributed by atoms with Crippen molar-refractivity contribution in [2.24, 2.45) is 5.73 Å². The van der Waals surface area contributed by atoms with Crippen LogP contribution in [-0.2, 0) is 0 Å². The van der Waals surface area contributed by atoms with E-state index in [-0.39, 0.29) is 0 Å². The highest BCUT2D eigenvalue weighted by atomic mass is 14.5. The molecule has 0 aromatic carbocycles. The van der Waals surface area contributed by atoms with Gasteiger partial charge in [-0.2, -0.15) is 0 Å². The summed E-state index contributed by atoms with van der Waals surface area (Å²) in [5.41, 5.74) is 6.88. The quantitative estimate of drug-likeness (QED) is 0.504. The normalized spacial score (nSPS) is 11.4. The minimum Gasteiger partial charge on any atom is -0.330 e. The molecule has 1 nitrogen and oxygen atoms in total. The zero-order valence-corrected chi connectivity index (χ0v) is 10.3. The number of nitrogens with two attached hydrogens (primary N) is 1. The molecular formula is C13H27N. The Bertz CT molecular complexity index is 145. The highest BCUT2D eigenvalue weighted by Gasteiger charge is 1.91. The monoisotopic (exact) mass is 197 g/mol. The van der Waals surface area contributed by atoms with Gasteiger partial charge in [0.15, 0.2) is 0 Å². The number of hydrogen-bond acceptors (Lipinski definition) is 1. The minimum atomic E-state index is 0.815. The molecule has 0 fully saturated rings. The summed E-state index contributed by atoms with van der Waals surface area (Å²) in [6, 6.07) is 0. The molecule has 1 heteroatoms. The van der Waals surface area contributed by atoms with Gasteiger partial charge in [-0.05, 0) is 39.2 Å². The van der Waals surface area contributed by atoms with Gasteiger partial charge in [-0.1, -0.05) is 44.6 Å². The van der Waals surface area contributed by atoms with Crippen LogP contribution in [0.5, 0.6) is 0 Å². The number of rotatable bonds is 6. The van der Waals surface area contributed by atoms with Crippen LogP contribution in [0.1, 0.15) is 53.4 Å². The van der Waals surface area contributed by atoms with E-state index >= 15 is 0 Å². The molecule has 0 aliphatic carbocycles. The molecule has 0 heterocycles. The highest BCUT2D eigenvalue weighted by molar-refractivity contribution is 5.17. The SMILES string of the molecule is C/C=C\C(=C/CC)CCCCN.CC. The van der Waals surface area contributed by atoms with Crippen LogP contribution in [0.15, 0.2) is 23.8 Å². The zero-order valence-electron chi connectivity index (χ0n) is 10.3. The number of allylic oxidation sites excluding steroid dienone is 4. The Morgan fingerprint density at radius 3 is 2.29 bits per heavy atom. The van der Waals surface area contributed by atoms with Crippen LogP contribution in [0.2, 0.25) is 0 Å². The molecule has 14 heavy (non-hydrogen) atoms. The average molecular weight is 197 g/mol. The molecule has 0 saturated carbocycles. The lowest BCUT2D eigenvalue weighted by molar-refractivity contribution is 0.745. The van der Waals surface area contributed by atoms with Gasteiger partial charge in [0.1, 0.15) is 0 Å². The van der Waals surface area contributed by atoms with E-state index in [1.165, 1.54) is 18.4 Å². The first-order chi connectivity index (χ1) is 6.85. The van der Waals surface area contributed by atoms with Crippen molar-refractivity contribution in [2.45, 2.75) is 53.4 Å². The summed E-state index contributed by atoms with van der Waals surface area (Å²) in [7, 11) is 0. The van der Waals surface area contributed by atoms with Gasteiger partial charge >= 0.3 is 0 Å². The molecule has 0 aromatic heterocycles. The molecule has 0 aliphatic rings. The molecule has 0 radical (unpaired) electrons. The molecule has 0 amide bonds. The van der Waals surface area contributed by atoms with Gasteiger partial charge in [-0.15, -0.1) is 0 Å². The molecule has 0 aliphatic heterocycles. The van der Waals surface area contributed by atoms with E-state index in [4.69, 9.17) is 5.73 Å². The Labute approximate surface area is 90.1 Å². The maximum atomic E-state index is 5.43. The van der Waals surface area contributed by atoms with Gasteiger partial charge in [-0.25, -0.2) is 0 Å². The van der Waals surface area contributed by atoms with Crippen LogP contribution in [-0.4, -0.2) is 6.54 Å². The predicted molar refractivity (Wildman–Crippen MR) is 67.4 cm³/mol. The molecule has 0 aromatic rings. The van der Waals surface area contributed by atoms with Crippen LogP contribution in [0.25, 0.3) is 0 Å². The van der Waals surface area contributed by atoms with E-state index in [0.29, 0.717) is 0 Å². The van der Waals surface area contributed by atoms with Crippen molar-refractivity contribution in [1.82, 2.24) is 0 Å². The molecule has 0 saturated heterocycles. The third kappa shape index (κ3) is 11.4. The largest absolute Gasteiger partial charge is 0.330 e. The topological polar surface area (TPSA) is 26.0 Å². The summed E-state index contributed by atoms with van der Waals surface area (Å²) < 4.78 is 0. The molecule has 0 spiro atoms. The Morgan fingerprint density at radius 2 is 1.86 bits per heavy atom. The van der Waals surface area contributed by atoms with Crippen molar-refractivity contribution in [3.8, 4) is 0 Å². The molecule has 2 N–H and O–H groups in total. The van der Waals surface area contributed by atoms with E-state index in [1.807, 2.05) is 13.8 Å². The van der Waals surface area contributed by atoms with E-state index in [2.05, 4.69) is 32.1 Å². The first-order valence-corrected chi connectivity index (χ1v) is 5.87.